The highest BCUT2D eigenvalue weighted by molar-refractivity contribution is 5.85. The van der Waals surface area contributed by atoms with Crippen molar-refractivity contribution in [2.75, 3.05) is 6.61 Å². The molecule has 19 heavy (non-hydrogen) atoms. The Hall–Kier alpha value is -1.94. The minimum atomic E-state index is -0.817. The molecule has 0 heterocycles. The fraction of sp³-hybridized carbons (Fsp3) is 0.231. The van der Waals surface area contributed by atoms with Gasteiger partial charge in [-0.25, -0.2) is 0 Å². The number of halogens is 1. The third-order valence-electron chi connectivity index (χ3n) is 2.56. The van der Waals surface area contributed by atoms with E-state index in [0.717, 1.165) is 11.1 Å². The standard InChI is InChI=1S/C13H14N2O3.ClH/c14-13(15-17)7-10(16)8-18-12-6-5-9-3-1-2-4-11(9)12;/h1-5,10,16-17H,7-8H2,(H2,14,15);1H. The molecule has 0 saturated heterocycles. The average Bonchev–Trinajstić information content (AvgIpc) is 2.79. The van der Waals surface area contributed by atoms with Gasteiger partial charge in [0.1, 0.15) is 12.4 Å². The third-order valence-corrected chi connectivity index (χ3v) is 2.56. The van der Waals surface area contributed by atoms with Crippen LogP contribution in [0.1, 0.15) is 17.5 Å². The number of amidine groups is 1. The van der Waals surface area contributed by atoms with Gasteiger partial charge in [0.15, 0.2) is 5.76 Å². The zero-order valence-electron chi connectivity index (χ0n) is 10.1. The normalized spacial score (nSPS) is 14.4. The molecule has 2 rings (SSSR count). The van der Waals surface area contributed by atoms with Gasteiger partial charge in [0.05, 0.1) is 6.10 Å². The molecular weight excluding hydrogens is 268 g/mol. The maximum absolute atomic E-state index is 9.61. The van der Waals surface area contributed by atoms with Crippen molar-refractivity contribution in [2.24, 2.45) is 10.9 Å². The zero-order chi connectivity index (χ0) is 13.0. The van der Waals surface area contributed by atoms with E-state index in [1.165, 1.54) is 0 Å². The number of nitrogens with two attached hydrogens (primary N) is 1. The third kappa shape index (κ3) is 3.76. The Morgan fingerprint density at radius 1 is 1.42 bits per heavy atom. The average molecular weight is 283 g/mol. The van der Waals surface area contributed by atoms with Crippen molar-refractivity contribution in [3.8, 4) is 0 Å². The van der Waals surface area contributed by atoms with Crippen molar-refractivity contribution in [1.29, 1.82) is 0 Å². The first-order valence-corrected chi connectivity index (χ1v) is 5.54. The highest BCUT2D eigenvalue weighted by Crippen LogP contribution is 2.25. The van der Waals surface area contributed by atoms with Crippen LogP contribution in [-0.4, -0.2) is 28.9 Å². The lowest BCUT2D eigenvalue weighted by atomic mass is 10.1. The van der Waals surface area contributed by atoms with Crippen LogP contribution >= 0.6 is 12.4 Å². The van der Waals surface area contributed by atoms with Crippen LogP contribution in [0.5, 0.6) is 0 Å². The second kappa shape index (κ2) is 6.85. The van der Waals surface area contributed by atoms with Crippen molar-refractivity contribution in [1.82, 2.24) is 0 Å². The lowest BCUT2D eigenvalue weighted by molar-refractivity contribution is 0.0983. The Balaban J connectivity index is 0.00000180. The molecule has 6 heteroatoms. The maximum atomic E-state index is 9.61. The molecule has 1 unspecified atom stereocenters. The van der Waals surface area contributed by atoms with E-state index in [-0.39, 0.29) is 31.3 Å². The monoisotopic (exact) mass is 282 g/mol. The fourth-order valence-electron chi connectivity index (χ4n) is 1.69. The van der Waals surface area contributed by atoms with Crippen molar-refractivity contribution in [2.45, 2.75) is 12.5 Å². The van der Waals surface area contributed by atoms with E-state index in [1.807, 2.05) is 30.3 Å². The molecule has 1 atom stereocenters. The van der Waals surface area contributed by atoms with E-state index in [1.54, 1.807) is 0 Å². The quantitative estimate of drug-likeness (QED) is 0.252. The summed E-state index contributed by atoms with van der Waals surface area (Å²) in [5.41, 5.74) is 10.3. The van der Waals surface area contributed by atoms with Gasteiger partial charge in [0.2, 0.25) is 0 Å². The Bertz CT molecular complexity index is 536. The second-order valence-electron chi connectivity index (χ2n) is 3.97. The summed E-state index contributed by atoms with van der Waals surface area (Å²) < 4.78 is 5.47. The number of fused-ring (bicyclic) bond motifs is 1. The summed E-state index contributed by atoms with van der Waals surface area (Å²) >= 11 is 0. The number of rotatable bonds is 5. The van der Waals surface area contributed by atoms with E-state index in [9.17, 15) is 5.11 Å². The fourth-order valence-corrected chi connectivity index (χ4v) is 1.69. The number of ether oxygens (including phenoxy) is 1. The number of hydrogen-bond donors (Lipinski definition) is 3. The van der Waals surface area contributed by atoms with E-state index in [4.69, 9.17) is 15.7 Å². The summed E-state index contributed by atoms with van der Waals surface area (Å²) in [7, 11) is 0. The summed E-state index contributed by atoms with van der Waals surface area (Å²) in [5, 5.41) is 20.8. The predicted octanol–water partition coefficient (Wildman–Crippen LogP) is 1.59. The summed E-state index contributed by atoms with van der Waals surface area (Å²) in [6.45, 7) is 0.0702. The first-order valence-electron chi connectivity index (χ1n) is 5.54. The van der Waals surface area contributed by atoms with E-state index in [0.29, 0.717) is 5.76 Å². The maximum Gasteiger partial charge on any atom is 0.170 e. The molecule has 0 radical (unpaired) electrons. The molecule has 0 bridgehead atoms. The van der Waals surface area contributed by atoms with Gasteiger partial charge in [-0.1, -0.05) is 29.1 Å². The lowest BCUT2D eigenvalue weighted by Crippen LogP contribution is -2.24. The van der Waals surface area contributed by atoms with E-state index in [2.05, 4.69) is 10.9 Å². The van der Waals surface area contributed by atoms with Gasteiger partial charge in [0, 0.05) is 12.0 Å². The molecule has 0 fully saturated rings. The second-order valence-corrected chi connectivity index (χ2v) is 3.97. The molecule has 0 saturated carbocycles. The predicted molar refractivity (Wildman–Crippen MR) is 75.1 cm³/mol. The summed E-state index contributed by atoms with van der Waals surface area (Å²) in [4.78, 5) is 0. The summed E-state index contributed by atoms with van der Waals surface area (Å²) in [6, 6.07) is 7.74. The van der Waals surface area contributed by atoms with Crippen LogP contribution in [0, 0.1) is 0 Å². The van der Waals surface area contributed by atoms with Crippen LogP contribution in [0.25, 0.3) is 11.8 Å². The van der Waals surface area contributed by atoms with Gasteiger partial charge in [-0.05, 0) is 17.7 Å². The highest BCUT2D eigenvalue weighted by Gasteiger charge is 2.14. The number of benzene rings is 1. The summed E-state index contributed by atoms with van der Waals surface area (Å²) in [6.07, 6.45) is 1.08. The zero-order valence-corrected chi connectivity index (χ0v) is 10.9. The first-order chi connectivity index (χ1) is 8.70. The van der Waals surface area contributed by atoms with Crippen LogP contribution in [0.2, 0.25) is 0 Å². The minimum absolute atomic E-state index is 0. The molecule has 0 aromatic heterocycles. The topological polar surface area (TPSA) is 88.1 Å². The molecule has 102 valence electrons. The first kappa shape index (κ1) is 15.1. The minimum Gasteiger partial charge on any atom is -0.483 e. The van der Waals surface area contributed by atoms with Crippen molar-refractivity contribution in [3.63, 3.8) is 0 Å². The molecule has 1 aliphatic carbocycles. The van der Waals surface area contributed by atoms with Gasteiger partial charge in [-0.3, -0.25) is 0 Å². The highest BCUT2D eigenvalue weighted by atomic mass is 35.5. The molecule has 0 spiro atoms. The van der Waals surface area contributed by atoms with Crippen LogP contribution in [0.4, 0.5) is 0 Å². The Kier molecular flexibility index (Phi) is 5.45. The van der Waals surface area contributed by atoms with Crippen LogP contribution < -0.4 is 5.73 Å². The molecule has 1 aromatic rings. The number of oxime groups is 1. The van der Waals surface area contributed by atoms with Gasteiger partial charge in [0.25, 0.3) is 0 Å². The summed E-state index contributed by atoms with van der Waals surface area (Å²) in [5.74, 6) is 0.576. The molecule has 0 amide bonds. The molecule has 1 aliphatic rings. The van der Waals surface area contributed by atoms with E-state index >= 15 is 0 Å². The van der Waals surface area contributed by atoms with Crippen LogP contribution in [0.3, 0.4) is 0 Å². The number of nitrogens with zero attached hydrogens (tertiary/aromatic N) is 1. The van der Waals surface area contributed by atoms with E-state index < -0.39 is 6.10 Å². The van der Waals surface area contributed by atoms with Gasteiger partial charge in [-0.15, -0.1) is 12.4 Å². The SMILES string of the molecule is Cl.N/C(CC(O)COC1=C=Cc2ccccc21)=N\O. The smallest absolute Gasteiger partial charge is 0.170 e. The van der Waals surface area contributed by atoms with Crippen molar-refractivity contribution >= 4 is 30.1 Å². The van der Waals surface area contributed by atoms with Crippen LogP contribution in [-0.2, 0) is 4.74 Å². The molecule has 5 nitrogen and oxygen atoms in total. The van der Waals surface area contributed by atoms with Crippen LogP contribution in [0.15, 0.2) is 35.2 Å². The molecule has 4 N–H and O–H groups in total. The van der Waals surface area contributed by atoms with Gasteiger partial charge in [-0.2, -0.15) is 0 Å². The van der Waals surface area contributed by atoms with Gasteiger partial charge < -0.3 is 20.8 Å². The van der Waals surface area contributed by atoms with Gasteiger partial charge >= 0.3 is 0 Å². The van der Waals surface area contributed by atoms with Crippen molar-refractivity contribution < 1.29 is 15.1 Å². The van der Waals surface area contributed by atoms with Crippen molar-refractivity contribution in [3.05, 3.63) is 41.1 Å². The number of hydrogen-bond acceptors (Lipinski definition) is 4. The molecule has 0 aliphatic heterocycles. The molecule has 1 aromatic carbocycles. The number of aliphatic hydroxyl groups excluding tert-OH is 1. The lowest BCUT2D eigenvalue weighted by Gasteiger charge is -2.12. The Labute approximate surface area is 117 Å². The largest absolute Gasteiger partial charge is 0.483 e. The Morgan fingerprint density at radius 3 is 2.89 bits per heavy atom. The Morgan fingerprint density at radius 2 is 2.16 bits per heavy atom. The number of aliphatic hydroxyl groups is 1. The molecular formula is C13H15ClN2O3.